The highest BCUT2D eigenvalue weighted by molar-refractivity contribution is 6.04. The van der Waals surface area contributed by atoms with E-state index in [0.29, 0.717) is 32.5 Å². The minimum Gasteiger partial charge on any atom is -0.466 e. The van der Waals surface area contributed by atoms with Gasteiger partial charge in [0.1, 0.15) is 6.54 Å². The van der Waals surface area contributed by atoms with E-state index in [0.717, 1.165) is 29.7 Å². The fourth-order valence-corrected chi connectivity index (χ4v) is 3.56. The summed E-state index contributed by atoms with van der Waals surface area (Å²) in [5.41, 5.74) is 2.94. The second kappa shape index (κ2) is 8.99. The lowest BCUT2D eigenvalue weighted by atomic mass is 9.98. The van der Waals surface area contributed by atoms with Crippen LogP contribution in [0.2, 0.25) is 0 Å². The number of likely N-dealkylation sites (tertiary alicyclic amines) is 1. The molecule has 0 spiro atoms. The number of hydrogen-bond donors (Lipinski definition) is 0. The number of ether oxygens (including phenoxy) is 1. The van der Waals surface area contributed by atoms with Gasteiger partial charge in [-0.3, -0.25) is 14.4 Å². The summed E-state index contributed by atoms with van der Waals surface area (Å²) in [5, 5.41) is 5.72. The van der Waals surface area contributed by atoms with Crippen molar-refractivity contribution >= 4 is 23.5 Å². The Morgan fingerprint density at radius 2 is 1.96 bits per heavy atom. The van der Waals surface area contributed by atoms with Crippen molar-refractivity contribution in [2.24, 2.45) is 11.0 Å². The lowest BCUT2D eigenvalue weighted by molar-refractivity contribution is -0.152. The molecular formula is C21H27N3O4. The number of hydrogen-bond acceptors (Lipinski definition) is 5. The first-order valence-corrected chi connectivity index (χ1v) is 9.87. The number of hydrazone groups is 1. The van der Waals surface area contributed by atoms with E-state index in [1.54, 1.807) is 11.8 Å². The molecule has 150 valence electrons. The van der Waals surface area contributed by atoms with Crippen LogP contribution in [0.3, 0.4) is 0 Å². The van der Waals surface area contributed by atoms with Gasteiger partial charge in [0.25, 0.3) is 0 Å². The molecule has 1 aromatic carbocycles. The summed E-state index contributed by atoms with van der Waals surface area (Å²) in [5.74, 6) is -0.880. The molecule has 1 saturated heterocycles. The number of carbonyl (C=O) groups excluding carboxylic acids is 3. The quantitative estimate of drug-likeness (QED) is 0.728. The normalized spacial score (nSPS) is 20.0. The number of piperidine rings is 1. The van der Waals surface area contributed by atoms with Crippen molar-refractivity contribution in [2.45, 2.75) is 39.5 Å². The van der Waals surface area contributed by atoms with Crippen LogP contribution in [-0.2, 0) is 19.1 Å². The van der Waals surface area contributed by atoms with E-state index < -0.39 is 0 Å². The molecule has 0 aliphatic carbocycles. The molecule has 2 heterocycles. The van der Waals surface area contributed by atoms with Crippen molar-refractivity contribution in [2.75, 3.05) is 26.2 Å². The van der Waals surface area contributed by atoms with E-state index in [9.17, 15) is 14.4 Å². The van der Waals surface area contributed by atoms with Crippen molar-refractivity contribution in [3.63, 3.8) is 0 Å². The van der Waals surface area contributed by atoms with Gasteiger partial charge in [0.05, 0.1) is 18.2 Å². The van der Waals surface area contributed by atoms with Gasteiger partial charge in [-0.1, -0.05) is 29.8 Å². The van der Waals surface area contributed by atoms with E-state index in [2.05, 4.69) is 5.10 Å². The average Bonchev–Trinajstić information content (AvgIpc) is 2.70. The van der Waals surface area contributed by atoms with E-state index in [1.165, 1.54) is 5.01 Å². The molecule has 1 fully saturated rings. The molecule has 2 aliphatic heterocycles. The lowest BCUT2D eigenvalue weighted by Gasteiger charge is -2.33. The van der Waals surface area contributed by atoms with Gasteiger partial charge >= 0.3 is 5.97 Å². The van der Waals surface area contributed by atoms with Crippen LogP contribution in [0, 0.1) is 12.8 Å². The molecule has 7 nitrogen and oxygen atoms in total. The number of aryl methyl sites for hydroxylation is 1. The number of esters is 1. The number of benzene rings is 1. The summed E-state index contributed by atoms with van der Waals surface area (Å²) < 4.78 is 5.08. The number of carbonyl (C=O) groups is 3. The minimum absolute atomic E-state index is 0.0935. The molecule has 0 radical (unpaired) electrons. The molecule has 2 amide bonds. The third-order valence-electron chi connectivity index (χ3n) is 5.17. The second-order valence-electron chi connectivity index (χ2n) is 7.30. The Kier molecular flexibility index (Phi) is 6.44. The van der Waals surface area contributed by atoms with Crippen LogP contribution in [0.15, 0.2) is 29.4 Å². The molecule has 7 heteroatoms. The average molecular weight is 385 g/mol. The summed E-state index contributed by atoms with van der Waals surface area (Å²) in [6.07, 6.45) is 2.38. The Morgan fingerprint density at radius 3 is 2.68 bits per heavy atom. The Morgan fingerprint density at radius 1 is 1.21 bits per heavy atom. The van der Waals surface area contributed by atoms with Crippen LogP contribution in [0.4, 0.5) is 0 Å². The van der Waals surface area contributed by atoms with E-state index in [4.69, 9.17) is 4.74 Å². The molecule has 0 aromatic heterocycles. The van der Waals surface area contributed by atoms with Crippen LogP contribution < -0.4 is 0 Å². The number of amides is 2. The molecule has 28 heavy (non-hydrogen) atoms. The number of rotatable bonds is 5. The van der Waals surface area contributed by atoms with Gasteiger partial charge in [-0.25, -0.2) is 5.01 Å². The third kappa shape index (κ3) is 4.77. The summed E-state index contributed by atoms with van der Waals surface area (Å²) in [6, 6.07) is 7.98. The Labute approximate surface area is 165 Å². The van der Waals surface area contributed by atoms with Gasteiger partial charge in [0, 0.05) is 25.9 Å². The Bertz CT molecular complexity index is 772. The predicted octanol–water partition coefficient (Wildman–Crippen LogP) is 2.12. The van der Waals surface area contributed by atoms with Gasteiger partial charge < -0.3 is 9.64 Å². The van der Waals surface area contributed by atoms with Crippen molar-refractivity contribution in [1.29, 1.82) is 0 Å². The highest BCUT2D eigenvalue weighted by atomic mass is 16.5. The largest absolute Gasteiger partial charge is 0.466 e. The summed E-state index contributed by atoms with van der Waals surface area (Å²) in [6.45, 7) is 4.96. The van der Waals surface area contributed by atoms with E-state index in [-0.39, 0.29) is 30.2 Å². The maximum absolute atomic E-state index is 12.7. The molecule has 0 unspecified atom stereocenters. The van der Waals surface area contributed by atoms with Gasteiger partial charge in [-0.05, 0) is 32.3 Å². The van der Waals surface area contributed by atoms with Crippen LogP contribution in [0.5, 0.6) is 0 Å². The Balaban J connectivity index is 1.66. The van der Waals surface area contributed by atoms with E-state index in [1.807, 2.05) is 31.2 Å². The summed E-state index contributed by atoms with van der Waals surface area (Å²) in [7, 11) is 0. The topological polar surface area (TPSA) is 79.3 Å². The van der Waals surface area contributed by atoms with E-state index >= 15 is 0 Å². The molecule has 3 rings (SSSR count). The number of nitrogens with zero attached hydrogens (tertiary/aromatic N) is 3. The van der Waals surface area contributed by atoms with Crippen molar-refractivity contribution < 1.29 is 19.1 Å². The van der Waals surface area contributed by atoms with Crippen LogP contribution >= 0.6 is 0 Å². The zero-order chi connectivity index (χ0) is 20.1. The maximum Gasteiger partial charge on any atom is 0.310 e. The fourth-order valence-electron chi connectivity index (χ4n) is 3.56. The first kappa shape index (κ1) is 20.0. The van der Waals surface area contributed by atoms with Gasteiger partial charge in [0.15, 0.2) is 0 Å². The predicted molar refractivity (Wildman–Crippen MR) is 105 cm³/mol. The van der Waals surface area contributed by atoms with Gasteiger partial charge in [-0.2, -0.15) is 5.10 Å². The van der Waals surface area contributed by atoms with Crippen molar-refractivity contribution in [1.82, 2.24) is 9.91 Å². The zero-order valence-corrected chi connectivity index (χ0v) is 16.5. The maximum atomic E-state index is 12.7. The summed E-state index contributed by atoms with van der Waals surface area (Å²) >= 11 is 0. The molecule has 0 saturated carbocycles. The molecule has 1 aromatic rings. The van der Waals surface area contributed by atoms with Crippen molar-refractivity contribution in [3.8, 4) is 0 Å². The molecule has 0 N–H and O–H groups in total. The molecule has 0 bridgehead atoms. The fraction of sp³-hybridized carbons (Fsp3) is 0.524. The first-order chi connectivity index (χ1) is 13.5. The smallest absolute Gasteiger partial charge is 0.310 e. The standard InChI is InChI=1S/C21H27N3O4/c1-3-28-21(27)17-5-4-12-23(13-17)20(26)14-24-19(25)11-10-18(22-24)16-8-6-15(2)7-9-16/h6-9,17H,3-5,10-14H2,1-2H3/t17-/m0/s1. The zero-order valence-electron chi connectivity index (χ0n) is 16.5. The first-order valence-electron chi connectivity index (χ1n) is 9.87. The Hall–Kier alpha value is -2.70. The van der Waals surface area contributed by atoms with Crippen molar-refractivity contribution in [3.05, 3.63) is 35.4 Å². The third-order valence-corrected chi connectivity index (χ3v) is 5.17. The SMILES string of the molecule is CCOC(=O)[C@H]1CCCN(C(=O)CN2N=C(c3ccc(C)cc3)CCC2=O)C1. The van der Waals surface area contributed by atoms with Crippen LogP contribution in [-0.4, -0.2) is 59.6 Å². The molecular weight excluding hydrogens is 358 g/mol. The molecule has 2 aliphatic rings. The molecule has 1 atom stereocenters. The second-order valence-corrected chi connectivity index (χ2v) is 7.30. The summed E-state index contributed by atoms with van der Waals surface area (Å²) in [4.78, 5) is 38.6. The van der Waals surface area contributed by atoms with Crippen LogP contribution in [0.25, 0.3) is 0 Å². The highest BCUT2D eigenvalue weighted by Crippen LogP contribution is 2.20. The highest BCUT2D eigenvalue weighted by Gasteiger charge is 2.31. The minimum atomic E-state index is -0.290. The monoisotopic (exact) mass is 385 g/mol. The lowest BCUT2D eigenvalue weighted by Crippen LogP contribution is -2.47. The van der Waals surface area contributed by atoms with Gasteiger partial charge in [0.2, 0.25) is 11.8 Å². The van der Waals surface area contributed by atoms with Gasteiger partial charge in [-0.15, -0.1) is 0 Å². The van der Waals surface area contributed by atoms with Crippen LogP contribution in [0.1, 0.15) is 43.7 Å².